The van der Waals surface area contributed by atoms with Gasteiger partial charge in [0.1, 0.15) is 6.10 Å². The Morgan fingerprint density at radius 1 is 1.14 bits per heavy atom. The van der Waals surface area contributed by atoms with Gasteiger partial charge >= 0.3 is 5.97 Å². The molecule has 2 atom stereocenters. The Hall–Kier alpha value is -2.51. The zero-order chi connectivity index (χ0) is 15.6. The number of nitrogens with zero attached hydrogens (tertiary/aromatic N) is 2. The third kappa shape index (κ3) is 3.53. The second-order valence-electron chi connectivity index (χ2n) is 5.20. The van der Waals surface area contributed by atoms with Gasteiger partial charge in [-0.25, -0.2) is 4.79 Å². The average molecular weight is 294 g/mol. The van der Waals surface area contributed by atoms with E-state index in [0.29, 0.717) is 5.92 Å². The first kappa shape index (κ1) is 14.9. The number of nitro groups is 2. The van der Waals surface area contributed by atoms with Crippen LogP contribution >= 0.6 is 0 Å². The standard InChI is InChI=1S/C13H14N2O6/c1-8-2-3-12(4-8)21-13(16)9-5-10(14(17)18)7-11(6-9)15(19)20/h5-8,12H,2-4H2,1H3/t8-,12-/m1/s1. The van der Waals surface area contributed by atoms with Crippen LogP contribution in [0.15, 0.2) is 18.2 Å². The van der Waals surface area contributed by atoms with E-state index in [-0.39, 0.29) is 11.7 Å². The SMILES string of the molecule is C[C@@H]1CC[C@@H](OC(=O)c2cc([N+](=O)[O-])cc([N+](=O)[O-])c2)C1. The lowest BCUT2D eigenvalue weighted by Gasteiger charge is -2.11. The van der Waals surface area contributed by atoms with Crippen LogP contribution in [0, 0.1) is 26.1 Å². The van der Waals surface area contributed by atoms with E-state index in [1.54, 1.807) is 0 Å². The van der Waals surface area contributed by atoms with Crippen LogP contribution in [-0.2, 0) is 4.74 Å². The van der Waals surface area contributed by atoms with Crippen molar-refractivity contribution in [2.24, 2.45) is 5.92 Å². The number of hydrogen-bond donors (Lipinski definition) is 0. The molecule has 1 aliphatic rings. The molecule has 21 heavy (non-hydrogen) atoms. The summed E-state index contributed by atoms with van der Waals surface area (Å²) in [5.41, 5.74) is -1.18. The minimum Gasteiger partial charge on any atom is -0.459 e. The van der Waals surface area contributed by atoms with Crippen molar-refractivity contribution in [1.29, 1.82) is 0 Å². The fraction of sp³-hybridized carbons (Fsp3) is 0.462. The molecule has 0 spiro atoms. The largest absolute Gasteiger partial charge is 0.459 e. The predicted molar refractivity (Wildman–Crippen MR) is 72.0 cm³/mol. The molecule has 0 aromatic heterocycles. The minimum atomic E-state index is -0.776. The van der Waals surface area contributed by atoms with E-state index in [9.17, 15) is 25.0 Å². The summed E-state index contributed by atoms with van der Waals surface area (Å²) in [6.07, 6.45) is 2.20. The van der Waals surface area contributed by atoms with Gasteiger partial charge < -0.3 is 4.74 Å². The van der Waals surface area contributed by atoms with Crippen LogP contribution in [0.25, 0.3) is 0 Å². The first-order chi connectivity index (χ1) is 9.86. The van der Waals surface area contributed by atoms with Crippen molar-refractivity contribution in [2.75, 3.05) is 0 Å². The van der Waals surface area contributed by atoms with Crippen LogP contribution in [0.2, 0.25) is 0 Å². The van der Waals surface area contributed by atoms with E-state index in [1.165, 1.54) is 0 Å². The molecule has 8 nitrogen and oxygen atoms in total. The lowest BCUT2D eigenvalue weighted by Crippen LogP contribution is -2.15. The van der Waals surface area contributed by atoms with Crippen LogP contribution in [0.1, 0.15) is 36.5 Å². The van der Waals surface area contributed by atoms with Gasteiger partial charge in [-0.2, -0.15) is 0 Å². The monoisotopic (exact) mass is 294 g/mol. The highest BCUT2D eigenvalue weighted by atomic mass is 16.6. The van der Waals surface area contributed by atoms with E-state index in [2.05, 4.69) is 0 Å². The van der Waals surface area contributed by atoms with Crippen LogP contribution < -0.4 is 0 Å². The van der Waals surface area contributed by atoms with Gasteiger partial charge in [0.15, 0.2) is 0 Å². The Morgan fingerprint density at radius 3 is 2.14 bits per heavy atom. The third-order valence-corrected chi connectivity index (χ3v) is 3.48. The van der Waals surface area contributed by atoms with Crippen molar-refractivity contribution in [3.05, 3.63) is 44.0 Å². The number of rotatable bonds is 4. The summed E-state index contributed by atoms with van der Waals surface area (Å²) < 4.78 is 5.25. The van der Waals surface area contributed by atoms with Gasteiger partial charge in [0, 0.05) is 12.1 Å². The molecule has 8 heteroatoms. The van der Waals surface area contributed by atoms with Crippen molar-refractivity contribution >= 4 is 17.3 Å². The average Bonchev–Trinajstić information content (AvgIpc) is 2.83. The molecule has 0 radical (unpaired) electrons. The van der Waals surface area contributed by atoms with Crippen LogP contribution in [0.4, 0.5) is 11.4 Å². The maximum atomic E-state index is 12.0. The molecule has 0 N–H and O–H groups in total. The van der Waals surface area contributed by atoms with Crippen LogP contribution in [0.5, 0.6) is 0 Å². The smallest absolute Gasteiger partial charge is 0.338 e. The van der Waals surface area contributed by atoms with Gasteiger partial charge in [-0.1, -0.05) is 6.92 Å². The molecule has 0 bridgehead atoms. The van der Waals surface area contributed by atoms with Crippen molar-refractivity contribution in [2.45, 2.75) is 32.3 Å². The third-order valence-electron chi connectivity index (χ3n) is 3.48. The summed E-state index contributed by atoms with van der Waals surface area (Å²) in [6.45, 7) is 2.05. The zero-order valence-corrected chi connectivity index (χ0v) is 11.4. The van der Waals surface area contributed by atoms with Crippen LogP contribution in [0.3, 0.4) is 0 Å². The Bertz CT molecular complexity index is 568. The number of benzene rings is 1. The van der Waals surface area contributed by atoms with Gasteiger partial charge in [0.25, 0.3) is 11.4 Å². The first-order valence-electron chi connectivity index (χ1n) is 6.51. The summed E-state index contributed by atoms with van der Waals surface area (Å²) in [4.78, 5) is 32.0. The highest BCUT2D eigenvalue weighted by molar-refractivity contribution is 5.91. The van der Waals surface area contributed by atoms with E-state index < -0.39 is 27.2 Å². The minimum absolute atomic E-state index is 0.171. The number of hydrogen-bond acceptors (Lipinski definition) is 6. The first-order valence-corrected chi connectivity index (χ1v) is 6.51. The second-order valence-corrected chi connectivity index (χ2v) is 5.20. The van der Waals surface area contributed by atoms with E-state index in [1.807, 2.05) is 6.92 Å². The lowest BCUT2D eigenvalue weighted by molar-refractivity contribution is -0.394. The van der Waals surface area contributed by atoms with Crippen LogP contribution in [-0.4, -0.2) is 21.9 Å². The molecule has 1 aliphatic carbocycles. The molecule has 0 aliphatic heterocycles. The summed E-state index contributed by atoms with van der Waals surface area (Å²) in [5.74, 6) is -0.303. The number of non-ortho nitro benzene ring substituents is 2. The maximum Gasteiger partial charge on any atom is 0.338 e. The molecule has 0 saturated heterocycles. The van der Waals surface area contributed by atoms with Crippen molar-refractivity contribution in [3.63, 3.8) is 0 Å². The second kappa shape index (κ2) is 5.86. The predicted octanol–water partition coefficient (Wildman–Crippen LogP) is 2.85. The normalized spacial score (nSPS) is 21.0. The molecular formula is C13H14N2O6. The fourth-order valence-corrected chi connectivity index (χ4v) is 2.41. The van der Waals surface area contributed by atoms with Crippen molar-refractivity contribution in [1.82, 2.24) is 0 Å². The number of esters is 1. The Kier molecular flexibility index (Phi) is 4.15. The Labute approximate surface area is 120 Å². The molecule has 1 aromatic carbocycles. The van der Waals surface area contributed by atoms with Crippen molar-refractivity contribution < 1.29 is 19.4 Å². The maximum absolute atomic E-state index is 12.0. The zero-order valence-electron chi connectivity index (χ0n) is 11.4. The molecule has 0 amide bonds. The molecule has 0 heterocycles. The summed E-state index contributed by atoms with van der Waals surface area (Å²) >= 11 is 0. The van der Waals surface area contributed by atoms with E-state index >= 15 is 0 Å². The van der Waals surface area contributed by atoms with E-state index in [4.69, 9.17) is 4.74 Å². The van der Waals surface area contributed by atoms with Crippen molar-refractivity contribution in [3.8, 4) is 0 Å². The molecule has 112 valence electrons. The molecule has 1 saturated carbocycles. The Morgan fingerprint density at radius 2 is 1.71 bits per heavy atom. The number of carbonyl (C=O) groups is 1. The quantitative estimate of drug-likeness (QED) is 0.479. The van der Waals surface area contributed by atoms with Gasteiger partial charge in [-0.15, -0.1) is 0 Å². The summed E-state index contributed by atoms with van der Waals surface area (Å²) in [7, 11) is 0. The number of ether oxygens (including phenoxy) is 1. The fourth-order valence-electron chi connectivity index (χ4n) is 2.41. The molecule has 2 rings (SSSR count). The molecule has 1 aromatic rings. The van der Waals surface area contributed by atoms with Gasteiger partial charge in [0.05, 0.1) is 21.5 Å². The Balaban J connectivity index is 2.23. The van der Waals surface area contributed by atoms with Gasteiger partial charge in [-0.05, 0) is 25.2 Å². The lowest BCUT2D eigenvalue weighted by atomic mass is 10.1. The number of carbonyl (C=O) groups excluding carboxylic acids is 1. The van der Waals surface area contributed by atoms with Gasteiger partial charge in [0.2, 0.25) is 0 Å². The highest BCUT2D eigenvalue weighted by Gasteiger charge is 2.27. The number of nitro benzene ring substituents is 2. The summed E-state index contributed by atoms with van der Waals surface area (Å²) in [5, 5.41) is 21.5. The topological polar surface area (TPSA) is 113 Å². The summed E-state index contributed by atoms with van der Waals surface area (Å²) in [6, 6.07) is 2.80. The highest BCUT2D eigenvalue weighted by Crippen LogP contribution is 2.29. The van der Waals surface area contributed by atoms with E-state index in [0.717, 1.165) is 37.5 Å². The molecule has 1 fully saturated rings. The van der Waals surface area contributed by atoms with Gasteiger partial charge in [-0.3, -0.25) is 20.2 Å². The molecule has 0 unspecified atom stereocenters. The molecular weight excluding hydrogens is 280 g/mol.